The molecule has 0 aliphatic carbocycles. The van der Waals surface area contributed by atoms with Crippen LogP contribution in [0.4, 0.5) is 5.69 Å². The van der Waals surface area contributed by atoms with Crippen molar-refractivity contribution in [2.24, 2.45) is 0 Å². The van der Waals surface area contributed by atoms with Crippen LogP contribution in [-0.2, 0) is 0 Å². The predicted molar refractivity (Wildman–Crippen MR) is 57.8 cm³/mol. The summed E-state index contributed by atoms with van der Waals surface area (Å²) in [5.41, 5.74) is 1.26. The number of aromatic nitrogens is 2. The number of benzene rings is 1. The van der Waals surface area contributed by atoms with Gasteiger partial charge in [-0.2, -0.15) is 0 Å². The second-order valence-electron chi connectivity index (χ2n) is 3.37. The Morgan fingerprint density at radius 2 is 1.94 bits per heavy atom. The molecule has 2 rings (SSSR count). The van der Waals surface area contributed by atoms with Crippen LogP contribution in [0.25, 0.3) is 5.69 Å². The zero-order valence-electron chi connectivity index (χ0n) is 8.51. The zero-order chi connectivity index (χ0) is 11.7. The highest BCUT2D eigenvalue weighted by molar-refractivity contribution is 5.41. The van der Waals surface area contributed by atoms with E-state index in [9.17, 15) is 14.9 Å². The van der Waals surface area contributed by atoms with Crippen LogP contribution in [0, 0.1) is 17.0 Å². The summed E-state index contributed by atoms with van der Waals surface area (Å²) < 4.78 is 1.58. The Morgan fingerprint density at radius 1 is 1.31 bits per heavy atom. The number of hydrogen-bond donors (Lipinski definition) is 1. The number of nitro groups is 1. The standard InChI is InChI=1S/C10H9N3O3/c1-7-6-10(14)11-12(7)8-2-4-9(5-3-8)13(15)16/h2-6H,1H3,(H,11,14). The van der Waals surface area contributed by atoms with Crippen LogP contribution < -0.4 is 5.56 Å². The molecule has 0 aliphatic rings. The van der Waals surface area contributed by atoms with Crippen molar-refractivity contribution in [2.75, 3.05) is 0 Å². The van der Waals surface area contributed by atoms with Gasteiger partial charge in [0.2, 0.25) is 0 Å². The molecule has 0 spiro atoms. The smallest absolute Gasteiger partial charge is 0.268 e. The Labute approximate surface area is 90.3 Å². The monoisotopic (exact) mass is 219 g/mol. The van der Waals surface area contributed by atoms with E-state index < -0.39 is 4.92 Å². The van der Waals surface area contributed by atoms with E-state index in [1.165, 1.54) is 18.2 Å². The predicted octanol–water partition coefficient (Wildman–Crippen LogP) is 1.38. The van der Waals surface area contributed by atoms with Crippen LogP contribution in [0.3, 0.4) is 0 Å². The first-order valence-electron chi connectivity index (χ1n) is 4.61. The molecule has 16 heavy (non-hydrogen) atoms. The number of aryl methyl sites for hydroxylation is 1. The van der Waals surface area contributed by atoms with Gasteiger partial charge in [0, 0.05) is 23.9 Å². The number of hydrogen-bond acceptors (Lipinski definition) is 3. The fourth-order valence-electron chi connectivity index (χ4n) is 1.48. The maximum atomic E-state index is 11.1. The van der Waals surface area contributed by atoms with Crippen molar-refractivity contribution in [3.8, 4) is 5.69 Å². The molecule has 6 nitrogen and oxygen atoms in total. The van der Waals surface area contributed by atoms with Gasteiger partial charge < -0.3 is 0 Å². The molecule has 0 radical (unpaired) electrons. The Hall–Kier alpha value is -2.37. The number of nitrogens with zero attached hydrogens (tertiary/aromatic N) is 2. The van der Waals surface area contributed by atoms with E-state index in [0.717, 1.165) is 5.69 Å². The lowest BCUT2D eigenvalue weighted by Gasteiger charge is -2.04. The van der Waals surface area contributed by atoms with Crippen molar-refractivity contribution in [3.05, 3.63) is 56.5 Å². The first kappa shape index (κ1) is 10.2. The first-order chi connectivity index (χ1) is 7.58. The van der Waals surface area contributed by atoms with Crippen molar-refractivity contribution in [3.63, 3.8) is 0 Å². The van der Waals surface area contributed by atoms with Crippen LogP contribution in [0.5, 0.6) is 0 Å². The highest BCUT2D eigenvalue weighted by atomic mass is 16.6. The Morgan fingerprint density at radius 3 is 2.38 bits per heavy atom. The van der Waals surface area contributed by atoms with Crippen LogP contribution in [0.2, 0.25) is 0 Å². The third-order valence-corrected chi connectivity index (χ3v) is 2.23. The van der Waals surface area contributed by atoms with E-state index in [4.69, 9.17) is 0 Å². The summed E-state index contributed by atoms with van der Waals surface area (Å²) in [6.45, 7) is 1.78. The summed E-state index contributed by atoms with van der Waals surface area (Å²) in [5, 5.41) is 13.1. The number of non-ortho nitro benzene ring substituents is 1. The van der Waals surface area contributed by atoms with Gasteiger partial charge >= 0.3 is 0 Å². The maximum Gasteiger partial charge on any atom is 0.269 e. The van der Waals surface area contributed by atoms with Crippen molar-refractivity contribution in [2.45, 2.75) is 6.92 Å². The molecule has 0 amide bonds. The van der Waals surface area contributed by atoms with Crippen LogP contribution in [0.1, 0.15) is 5.69 Å². The summed E-state index contributed by atoms with van der Waals surface area (Å²) in [6.07, 6.45) is 0. The molecule has 82 valence electrons. The summed E-state index contributed by atoms with van der Waals surface area (Å²) in [5.74, 6) is 0. The topological polar surface area (TPSA) is 80.9 Å². The molecule has 0 bridgehead atoms. The Bertz CT molecular complexity index is 580. The van der Waals surface area contributed by atoms with Crippen molar-refractivity contribution in [1.82, 2.24) is 9.78 Å². The molecule has 1 heterocycles. The largest absolute Gasteiger partial charge is 0.269 e. The lowest BCUT2D eigenvalue weighted by molar-refractivity contribution is -0.384. The second kappa shape index (κ2) is 3.65. The number of aromatic amines is 1. The first-order valence-corrected chi connectivity index (χ1v) is 4.61. The molecule has 0 saturated heterocycles. The van der Waals surface area contributed by atoms with Gasteiger partial charge in [-0.05, 0) is 19.1 Å². The summed E-state index contributed by atoms with van der Waals surface area (Å²) in [7, 11) is 0. The molecule has 2 aromatic rings. The highest BCUT2D eigenvalue weighted by Gasteiger charge is 2.06. The zero-order valence-corrected chi connectivity index (χ0v) is 8.51. The number of H-pyrrole nitrogens is 1. The minimum Gasteiger partial charge on any atom is -0.268 e. The van der Waals surface area contributed by atoms with Gasteiger partial charge in [0.15, 0.2) is 0 Å². The third kappa shape index (κ3) is 1.72. The minimum absolute atomic E-state index is 0.0240. The molecule has 0 aliphatic heterocycles. The van der Waals surface area contributed by atoms with Crippen molar-refractivity contribution >= 4 is 5.69 Å². The van der Waals surface area contributed by atoms with Gasteiger partial charge in [0.05, 0.1) is 10.6 Å². The number of nitro benzene ring substituents is 1. The molecule has 0 saturated carbocycles. The normalized spacial score (nSPS) is 10.3. The minimum atomic E-state index is -0.463. The van der Waals surface area contributed by atoms with Gasteiger partial charge in [0.1, 0.15) is 0 Å². The molecular weight excluding hydrogens is 210 g/mol. The molecule has 1 N–H and O–H groups in total. The van der Waals surface area contributed by atoms with Gasteiger partial charge in [-0.25, -0.2) is 0 Å². The molecule has 0 atom stereocenters. The molecule has 6 heteroatoms. The molecular formula is C10H9N3O3. The molecule has 1 aromatic heterocycles. The van der Waals surface area contributed by atoms with Gasteiger partial charge in [-0.3, -0.25) is 24.7 Å². The number of rotatable bonds is 2. The molecule has 0 fully saturated rings. The van der Waals surface area contributed by atoms with E-state index in [-0.39, 0.29) is 11.2 Å². The van der Waals surface area contributed by atoms with E-state index in [1.807, 2.05) is 0 Å². The van der Waals surface area contributed by atoms with E-state index in [0.29, 0.717) is 5.69 Å². The second-order valence-corrected chi connectivity index (χ2v) is 3.37. The maximum absolute atomic E-state index is 11.1. The Balaban J connectivity index is 2.46. The van der Waals surface area contributed by atoms with E-state index >= 15 is 0 Å². The summed E-state index contributed by atoms with van der Waals surface area (Å²) in [4.78, 5) is 21.1. The van der Waals surface area contributed by atoms with Crippen LogP contribution in [-0.4, -0.2) is 14.7 Å². The van der Waals surface area contributed by atoms with Crippen molar-refractivity contribution < 1.29 is 4.92 Å². The third-order valence-electron chi connectivity index (χ3n) is 2.23. The van der Waals surface area contributed by atoms with Crippen molar-refractivity contribution in [1.29, 1.82) is 0 Å². The fourth-order valence-corrected chi connectivity index (χ4v) is 1.48. The fraction of sp³-hybridized carbons (Fsp3) is 0.100. The highest BCUT2D eigenvalue weighted by Crippen LogP contribution is 2.14. The van der Waals surface area contributed by atoms with Gasteiger partial charge in [-0.15, -0.1) is 0 Å². The van der Waals surface area contributed by atoms with Crippen LogP contribution in [0.15, 0.2) is 35.1 Å². The average Bonchev–Trinajstić information content (AvgIpc) is 2.58. The lowest BCUT2D eigenvalue weighted by atomic mass is 10.3. The molecule has 1 aromatic carbocycles. The van der Waals surface area contributed by atoms with Crippen LogP contribution >= 0.6 is 0 Å². The summed E-state index contributed by atoms with van der Waals surface area (Å²) >= 11 is 0. The lowest BCUT2D eigenvalue weighted by Crippen LogP contribution is -2.04. The Kier molecular flexibility index (Phi) is 2.32. The summed E-state index contributed by atoms with van der Waals surface area (Å²) in [6, 6.07) is 7.42. The van der Waals surface area contributed by atoms with Gasteiger partial charge in [-0.1, -0.05) is 0 Å². The van der Waals surface area contributed by atoms with E-state index in [1.54, 1.807) is 23.7 Å². The van der Waals surface area contributed by atoms with E-state index in [2.05, 4.69) is 5.10 Å². The van der Waals surface area contributed by atoms with Gasteiger partial charge in [0.25, 0.3) is 11.2 Å². The quantitative estimate of drug-likeness (QED) is 0.612. The number of nitrogens with one attached hydrogen (secondary N) is 1. The average molecular weight is 219 g/mol. The SMILES string of the molecule is Cc1cc(=O)[nH]n1-c1ccc([N+](=O)[O-])cc1. The molecule has 0 unspecified atom stereocenters.